The number of hydrogen-bond donors (Lipinski definition) is 0. The standard InChI is InChI=1S/C16H20N4O2S/c1-2-22-15-12-17-11-14(18-15)19-6-4-7-20(9-8-19)16(21)13-5-3-10-23-13/h3,5,10-12H,2,4,6-9H2,1H3. The lowest BCUT2D eigenvalue weighted by molar-refractivity contribution is 0.0772. The van der Waals surface area contributed by atoms with Crippen molar-refractivity contribution in [2.75, 3.05) is 37.7 Å². The molecule has 23 heavy (non-hydrogen) atoms. The van der Waals surface area contributed by atoms with E-state index >= 15 is 0 Å². The number of aromatic nitrogens is 2. The molecule has 0 spiro atoms. The predicted octanol–water partition coefficient (Wildman–Crippen LogP) is 2.29. The van der Waals surface area contributed by atoms with Gasteiger partial charge in [0.25, 0.3) is 5.91 Å². The average Bonchev–Trinajstić information content (AvgIpc) is 2.99. The van der Waals surface area contributed by atoms with Crippen LogP contribution in [-0.2, 0) is 0 Å². The fourth-order valence-corrected chi connectivity index (χ4v) is 3.30. The molecule has 1 aliphatic heterocycles. The number of carbonyl (C=O) groups is 1. The third-order valence-corrected chi connectivity index (χ3v) is 4.59. The first-order valence-electron chi connectivity index (χ1n) is 7.80. The van der Waals surface area contributed by atoms with Crippen molar-refractivity contribution in [2.24, 2.45) is 0 Å². The molecule has 2 aromatic heterocycles. The van der Waals surface area contributed by atoms with Crippen molar-refractivity contribution < 1.29 is 9.53 Å². The molecule has 7 heteroatoms. The van der Waals surface area contributed by atoms with Crippen molar-refractivity contribution in [1.82, 2.24) is 14.9 Å². The maximum Gasteiger partial charge on any atom is 0.263 e. The fraction of sp³-hybridized carbons (Fsp3) is 0.438. The van der Waals surface area contributed by atoms with Crippen LogP contribution < -0.4 is 9.64 Å². The third kappa shape index (κ3) is 3.79. The van der Waals surface area contributed by atoms with Gasteiger partial charge in [0, 0.05) is 26.2 Å². The smallest absolute Gasteiger partial charge is 0.263 e. The van der Waals surface area contributed by atoms with Crippen LogP contribution in [0, 0.1) is 0 Å². The van der Waals surface area contributed by atoms with E-state index in [9.17, 15) is 4.79 Å². The van der Waals surface area contributed by atoms with E-state index in [0.717, 1.165) is 36.8 Å². The highest BCUT2D eigenvalue weighted by Crippen LogP contribution is 2.18. The quantitative estimate of drug-likeness (QED) is 0.860. The first-order valence-corrected chi connectivity index (χ1v) is 8.68. The van der Waals surface area contributed by atoms with E-state index in [2.05, 4.69) is 14.9 Å². The highest BCUT2D eigenvalue weighted by Gasteiger charge is 2.21. The molecule has 0 unspecified atom stereocenters. The summed E-state index contributed by atoms with van der Waals surface area (Å²) < 4.78 is 5.41. The normalized spacial score (nSPS) is 15.3. The fourth-order valence-electron chi connectivity index (χ4n) is 2.61. The largest absolute Gasteiger partial charge is 0.477 e. The molecule has 122 valence electrons. The second-order valence-electron chi connectivity index (χ2n) is 5.26. The Kier molecular flexibility index (Phi) is 5.07. The molecule has 1 amide bonds. The highest BCUT2D eigenvalue weighted by molar-refractivity contribution is 7.12. The Morgan fingerprint density at radius 3 is 3.00 bits per heavy atom. The van der Waals surface area contributed by atoms with Crippen LogP contribution in [0.15, 0.2) is 29.9 Å². The van der Waals surface area contributed by atoms with Crippen LogP contribution in [-0.4, -0.2) is 53.6 Å². The first-order chi connectivity index (χ1) is 11.3. The lowest BCUT2D eigenvalue weighted by Crippen LogP contribution is -2.35. The van der Waals surface area contributed by atoms with Crippen LogP contribution in [0.25, 0.3) is 0 Å². The molecule has 0 aliphatic carbocycles. The lowest BCUT2D eigenvalue weighted by atomic mass is 10.3. The molecule has 0 aromatic carbocycles. The molecule has 3 rings (SSSR count). The van der Waals surface area contributed by atoms with Gasteiger partial charge >= 0.3 is 0 Å². The number of carbonyl (C=O) groups excluding carboxylic acids is 1. The van der Waals surface area contributed by atoms with Gasteiger partial charge < -0.3 is 14.5 Å². The number of thiophene rings is 1. The molecule has 0 saturated carbocycles. The molecule has 0 bridgehead atoms. The van der Waals surface area contributed by atoms with Gasteiger partial charge in [-0.25, -0.2) is 0 Å². The first kappa shape index (κ1) is 15.7. The van der Waals surface area contributed by atoms with E-state index in [0.29, 0.717) is 19.0 Å². The summed E-state index contributed by atoms with van der Waals surface area (Å²) in [5.41, 5.74) is 0. The van der Waals surface area contributed by atoms with Crippen LogP contribution in [0.4, 0.5) is 5.82 Å². The summed E-state index contributed by atoms with van der Waals surface area (Å²) in [5.74, 6) is 1.47. The maximum absolute atomic E-state index is 12.5. The van der Waals surface area contributed by atoms with Gasteiger partial charge in [0.2, 0.25) is 5.88 Å². The van der Waals surface area contributed by atoms with Gasteiger partial charge in [0.15, 0.2) is 5.82 Å². The highest BCUT2D eigenvalue weighted by atomic mass is 32.1. The molecule has 6 nitrogen and oxygen atoms in total. The molecule has 2 aromatic rings. The summed E-state index contributed by atoms with van der Waals surface area (Å²) in [6.07, 6.45) is 4.29. The van der Waals surface area contributed by atoms with Gasteiger partial charge in [-0.2, -0.15) is 4.98 Å². The van der Waals surface area contributed by atoms with Crippen molar-refractivity contribution >= 4 is 23.1 Å². The molecular weight excluding hydrogens is 312 g/mol. The van der Waals surface area contributed by atoms with Crippen LogP contribution >= 0.6 is 11.3 Å². The molecule has 1 aliphatic rings. The van der Waals surface area contributed by atoms with E-state index in [4.69, 9.17) is 4.74 Å². The molecule has 1 saturated heterocycles. The van der Waals surface area contributed by atoms with Crippen LogP contribution in [0.1, 0.15) is 23.0 Å². The van der Waals surface area contributed by atoms with Gasteiger partial charge in [-0.1, -0.05) is 6.07 Å². The summed E-state index contributed by atoms with van der Waals surface area (Å²) in [6, 6.07) is 3.80. The minimum atomic E-state index is 0.121. The monoisotopic (exact) mass is 332 g/mol. The number of anilines is 1. The predicted molar refractivity (Wildman–Crippen MR) is 90.3 cm³/mol. The van der Waals surface area contributed by atoms with E-state index in [1.807, 2.05) is 29.3 Å². The number of hydrogen-bond acceptors (Lipinski definition) is 6. The van der Waals surface area contributed by atoms with Gasteiger partial charge in [-0.05, 0) is 24.8 Å². The van der Waals surface area contributed by atoms with Crippen molar-refractivity contribution in [3.63, 3.8) is 0 Å². The summed E-state index contributed by atoms with van der Waals surface area (Å²) in [7, 11) is 0. The Bertz CT molecular complexity index is 647. The zero-order valence-corrected chi connectivity index (χ0v) is 14.0. The van der Waals surface area contributed by atoms with Crippen molar-refractivity contribution in [3.05, 3.63) is 34.8 Å². The summed E-state index contributed by atoms with van der Waals surface area (Å²) >= 11 is 1.49. The van der Waals surface area contributed by atoms with E-state index < -0.39 is 0 Å². The summed E-state index contributed by atoms with van der Waals surface area (Å²) in [4.78, 5) is 26.0. The zero-order chi connectivity index (χ0) is 16.1. The van der Waals surface area contributed by atoms with Crippen molar-refractivity contribution in [3.8, 4) is 5.88 Å². The van der Waals surface area contributed by atoms with Gasteiger partial charge in [0.1, 0.15) is 0 Å². The van der Waals surface area contributed by atoms with Crippen molar-refractivity contribution in [1.29, 1.82) is 0 Å². The third-order valence-electron chi connectivity index (χ3n) is 3.73. The van der Waals surface area contributed by atoms with Gasteiger partial charge in [-0.3, -0.25) is 9.78 Å². The van der Waals surface area contributed by atoms with Gasteiger partial charge in [0.05, 0.1) is 23.9 Å². The molecule has 0 radical (unpaired) electrons. The van der Waals surface area contributed by atoms with E-state index in [1.54, 1.807) is 12.4 Å². The number of amides is 1. The van der Waals surface area contributed by atoms with Crippen LogP contribution in [0.2, 0.25) is 0 Å². The number of nitrogens with zero attached hydrogens (tertiary/aromatic N) is 4. The topological polar surface area (TPSA) is 58.6 Å². The molecule has 0 atom stereocenters. The van der Waals surface area contributed by atoms with E-state index in [1.165, 1.54) is 11.3 Å². The second kappa shape index (κ2) is 7.41. The molecular formula is C16H20N4O2S. The Hall–Kier alpha value is -2.15. The van der Waals surface area contributed by atoms with Crippen LogP contribution in [0.5, 0.6) is 5.88 Å². The SMILES string of the molecule is CCOc1cncc(N2CCCN(C(=O)c3cccs3)CC2)n1. The molecule has 1 fully saturated rings. The lowest BCUT2D eigenvalue weighted by Gasteiger charge is -2.22. The van der Waals surface area contributed by atoms with Gasteiger partial charge in [-0.15, -0.1) is 11.3 Å². The number of rotatable bonds is 4. The molecule has 3 heterocycles. The minimum Gasteiger partial charge on any atom is -0.477 e. The maximum atomic E-state index is 12.5. The average molecular weight is 332 g/mol. The van der Waals surface area contributed by atoms with E-state index in [-0.39, 0.29) is 5.91 Å². The minimum absolute atomic E-state index is 0.121. The van der Waals surface area contributed by atoms with Crippen LogP contribution in [0.3, 0.4) is 0 Å². The number of ether oxygens (including phenoxy) is 1. The zero-order valence-electron chi connectivity index (χ0n) is 13.1. The Labute approximate surface area is 139 Å². The summed E-state index contributed by atoms with van der Waals surface area (Å²) in [5, 5.41) is 1.94. The van der Waals surface area contributed by atoms with Crippen molar-refractivity contribution in [2.45, 2.75) is 13.3 Å². The summed E-state index contributed by atoms with van der Waals surface area (Å²) in [6.45, 7) is 5.57. The molecule has 0 N–H and O–H groups in total. The second-order valence-corrected chi connectivity index (χ2v) is 6.21. The Morgan fingerprint density at radius 2 is 2.22 bits per heavy atom. The Balaban J connectivity index is 1.66. The Morgan fingerprint density at radius 1 is 1.30 bits per heavy atom.